The topological polar surface area (TPSA) is 38.9 Å². The third-order valence-corrected chi connectivity index (χ3v) is 6.94. The Bertz CT molecular complexity index is 1860. The van der Waals surface area contributed by atoms with E-state index in [-0.39, 0.29) is 0 Å². The van der Waals surface area contributed by atoms with Crippen molar-refractivity contribution in [2.45, 2.75) is 6.92 Å². The van der Waals surface area contributed by atoms with E-state index < -0.39 is 0 Å². The largest absolute Gasteiger partial charge is 0.456 e. The van der Waals surface area contributed by atoms with E-state index in [2.05, 4.69) is 84.9 Å². The number of aryl methyl sites for hydroxylation is 1. The van der Waals surface area contributed by atoms with Gasteiger partial charge in [-0.1, -0.05) is 91.0 Å². The standard InChI is InChI=1S/C35H24N2O/c1-23-19-31(37-35(36-23)30-16-10-18-33-34(30)29-15-8-9-17-32(29)38-33)28-21-26(24-11-4-2-5-12-24)20-27(22-28)25-13-6-3-7-14-25/h2-22H,1H3. The number of para-hydroxylation sites is 1. The van der Waals surface area contributed by atoms with E-state index in [1.165, 1.54) is 11.1 Å². The lowest BCUT2D eigenvalue weighted by molar-refractivity contribution is 0.669. The Kier molecular flexibility index (Phi) is 5.33. The number of rotatable bonds is 4. The molecule has 0 saturated carbocycles. The molecule has 0 aliphatic carbocycles. The third-order valence-electron chi connectivity index (χ3n) is 6.94. The molecule has 3 heteroatoms. The summed E-state index contributed by atoms with van der Waals surface area (Å²) in [6.45, 7) is 2.03. The lowest BCUT2D eigenvalue weighted by Crippen LogP contribution is -1.96. The maximum atomic E-state index is 6.13. The molecular formula is C35H24N2O. The van der Waals surface area contributed by atoms with Crippen LogP contribution in [-0.4, -0.2) is 9.97 Å². The van der Waals surface area contributed by atoms with Crippen LogP contribution in [0.25, 0.3) is 66.8 Å². The summed E-state index contributed by atoms with van der Waals surface area (Å²) < 4.78 is 6.13. The Morgan fingerprint density at radius 3 is 1.82 bits per heavy atom. The number of furan rings is 1. The molecule has 2 aromatic heterocycles. The van der Waals surface area contributed by atoms with Crippen molar-refractivity contribution in [3.8, 4) is 44.9 Å². The minimum Gasteiger partial charge on any atom is -0.456 e. The molecule has 0 aliphatic rings. The molecule has 2 heterocycles. The van der Waals surface area contributed by atoms with Crippen molar-refractivity contribution >= 4 is 21.9 Å². The molecule has 0 saturated heterocycles. The third kappa shape index (κ3) is 3.95. The molecule has 180 valence electrons. The van der Waals surface area contributed by atoms with E-state index >= 15 is 0 Å². The summed E-state index contributed by atoms with van der Waals surface area (Å²) in [4.78, 5) is 10.0. The van der Waals surface area contributed by atoms with Crippen LogP contribution in [0.3, 0.4) is 0 Å². The average Bonchev–Trinajstić information content (AvgIpc) is 3.36. The van der Waals surface area contributed by atoms with E-state index in [0.29, 0.717) is 5.82 Å². The van der Waals surface area contributed by atoms with E-state index in [9.17, 15) is 0 Å². The van der Waals surface area contributed by atoms with Crippen LogP contribution in [0.5, 0.6) is 0 Å². The van der Waals surface area contributed by atoms with Gasteiger partial charge in [0.15, 0.2) is 5.82 Å². The van der Waals surface area contributed by atoms with Crippen LogP contribution in [0.1, 0.15) is 5.69 Å². The van der Waals surface area contributed by atoms with Crippen molar-refractivity contribution in [3.63, 3.8) is 0 Å². The number of hydrogen-bond acceptors (Lipinski definition) is 3. The van der Waals surface area contributed by atoms with Gasteiger partial charge in [0, 0.05) is 27.6 Å². The van der Waals surface area contributed by atoms with Crippen molar-refractivity contribution in [2.24, 2.45) is 0 Å². The fourth-order valence-corrected chi connectivity index (χ4v) is 5.17. The predicted molar refractivity (Wildman–Crippen MR) is 156 cm³/mol. The normalized spacial score (nSPS) is 11.3. The maximum absolute atomic E-state index is 6.13. The molecule has 3 nitrogen and oxygen atoms in total. The van der Waals surface area contributed by atoms with Crippen LogP contribution in [0.15, 0.2) is 132 Å². The van der Waals surface area contributed by atoms with Crippen molar-refractivity contribution in [3.05, 3.63) is 133 Å². The van der Waals surface area contributed by atoms with E-state index in [0.717, 1.165) is 55.6 Å². The molecule has 7 aromatic rings. The Balaban J connectivity index is 1.44. The molecule has 0 N–H and O–H groups in total. The predicted octanol–water partition coefficient (Wildman–Crippen LogP) is 9.35. The molecule has 0 aliphatic heterocycles. The molecule has 5 aromatic carbocycles. The molecular weight excluding hydrogens is 464 g/mol. The summed E-state index contributed by atoms with van der Waals surface area (Å²) in [6.07, 6.45) is 0. The van der Waals surface area contributed by atoms with Crippen LogP contribution in [0.2, 0.25) is 0 Å². The Labute approximate surface area is 221 Å². The van der Waals surface area contributed by atoms with Gasteiger partial charge in [-0.25, -0.2) is 9.97 Å². The average molecular weight is 489 g/mol. The van der Waals surface area contributed by atoms with Crippen LogP contribution in [0.4, 0.5) is 0 Å². The van der Waals surface area contributed by atoms with Gasteiger partial charge in [0.05, 0.1) is 5.69 Å². The molecule has 0 fully saturated rings. The minimum atomic E-state index is 0.698. The Morgan fingerprint density at radius 1 is 0.500 bits per heavy atom. The number of benzene rings is 5. The highest BCUT2D eigenvalue weighted by Crippen LogP contribution is 2.37. The quantitative estimate of drug-likeness (QED) is 0.248. The SMILES string of the molecule is Cc1cc(-c2cc(-c3ccccc3)cc(-c3ccccc3)c2)nc(-c2cccc3oc4ccccc4c23)n1. The van der Waals surface area contributed by atoms with Crippen LogP contribution in [-0.2, 0) is 0 Å². The lowest BCUT2D eigenvalue weighted by atomic mass is 9.95. The second kappa shape index (κ2) is 9.13. The Morgan fingerprint density at radius 2 is 1.11 bits per heavy atom. The molecule has 7 rings (SSSR count). The van der Waals surface area contributed by atoms with Gasteiger partial charge in [-0.3, -0.25) is 0 Å². The first-order valence-electron chi connectivity index (χ1n) is 12.8. The summed E-state index contributed by atoms with van der Waals surface area (Å²) in [5, 5.41) is 2.12. The van der Waals surface area contributed by atoms with Crippen molar-refractivity contribution in [1.29, 1.82) is 0 Å². The zero-order valence-electron chi connectivity index (χ0n) is 20.9. The summed E-state index contributed by atoms with van der Waals surface area (Å²) in [7, 11) is 0. The van der Waals surface area contributed by atoms with Crippen LogP contribution < -0.4 is 0 Å². The molecule has 0 spiro atoms. The van der Waals surface area contributed by atoms with Gasteiger partial charge in [0.1, 0.15) is 11.2 Å². The van der Waals surface area contributed by atoms with Crippen molar-refractivity contribution < 1.29 is 4.42 Å². The van der Waals surface area contributed by atoms with Crippen molar-refractivity contribution in [2.75, 3.05) is 0 Å². The van der Waals surface area contributed by atoms with Crippen LogP contribution in [0, 0.1) is 6.92 Å². The number of aromatic nitrogens is 2. The summed E-state index contributed by atoms with van der Waals surface area (Å²) in [5.41, 5.74) is 10.2. The molecule has 0 bridgehead atoms. The smallest absolute Gasteiger partial charge is 0.160 e. The first-order valence-corrected chi connectivity index (χ1v) is 12.8. The molecule has 0 atom stereocenters. The fraction of sp³-hybridized carbons (Fsp3) is 0.0286. The van der Waals surface area contributed by atoms with E-state index in [1.54, 1.807) is 0 Å². The highest BCUT2D eigenvalue weighted by Gasteiger charge is 2.16. The van der Waals surface area contributed by atoms with Gasteiger partial charge in [-0.05, 0) is 65.6 Å². The van der Waals surface area contributed by atoms with Gasteiger partial charge in [-0.15, -0.1) is 0 Å². The van der Waals surface area contributed by atoms with Crippen LogP contribution >= 0.6 is 0 Å². The molecule has 0 amide bonds. The zero-order valence-corrected chi connectivity index (χ0v) is 20.9. The lowest BCUT2D eigenvalue weighted by Gasteiger charge is -2.12. The summed E-state index contributed by atoms with van der Waals surface area (Å²) in [6, 6.07) is 44.0. The minimum absolute atomic E-state index is 0.698. The van der Waals surface area contributed by atoms with Gasteiger partial charge < -0.3 is 4.42 Å². The number of hydrogen-bond donors (Lipinski definition) is 0. The highest BCUT2D eigenvalue weighted by atomic mass is 16.3. The van der Waals surface area contributed by atoms with Gasteiger partial charge >= 0.3 is 0 Å². The second-order valence-corrected chi connectivity index (χ2v) is 9.53. The summed E-state index contributed by atoms with van der Waals surface area (Å²) >= 11 is 0. The monoisotopic (exact) mass is 488 g/mol. The molecule has 0 radical (unpaired) electrons. The first-order chi connectivity index (χ1) is 18.7. The van der Waals surface area contributed by atoms with Gasteiger partial charge in [-0.2, -0.15) is 0 Å². The second-order valence-electron chi connectivity index (χ2n) is 9.53. The first kappa shape index (κ1) is 22.2. The van der Waals surface area contributed by atoms with E-state index in [1.807, 2.05) is 49.4 Å². The molecule has 0 unspecified atom stereocenters. The van der Waals surface area contributed by atoms with E-state index in [4.69, 9.17) is 14.4 Å². The molecule has 38 heavy (non-hydrogen) atoms. The Hall–Kier alpha value is -5.02. The highest BCUT2D eigenvalue weighted by molar-refractivity contribution is 6.11. The van der Waals surface area contributed by atoms with Gasteiger partial charge in [0.2, 0.25) is 0 Å². The number of fused-ring (bicyclic) bond motifs is 3. The van der Waals surface area contributed by atoms with Gasteiger partial charge in [0.25, 0.3) is 0 Å². The summed E-state index contributed by atoms with van der Waals surface area (Å²) in [5.74, 6) is 0.698. The maximum Gasteiger partial charge on any atom is 0.160 e. The van der Waals surface area contributed by atoms with Crippen molar-refractivity contribution in [1.82, 2.24) is 9.97 Å². The number of nitrogens with zero attached hydrogens (tertiary/aromatic N) is 2. The zero-order chi connectivity index (χ0) is 25.5. The fourth-order valence-electron chi connectivity index (χ4n) is 5.17.